The monoisotopic (exact) mass is 204 g/mol. The molecular formula is C9H11F3N2. The zero-order chi connectivity index (χ0) is 11.1. The van der Waals surface area contributed by atoms with Gasteiger partial charge in [-0.15, -0.1) is 0 Å². The molecule has 78 valence electrons. The fourth-order valence-corrected chi connectivity index (χ4v) is 1.39. The number of nitrogens with zero attached hydrogens (tertiary/aromatic N) is 1. The van der Waals surface area contributed by atoms with Gasteiger partial charge in [-0.3, -0.25) is 0 Å². The molecule has 0 radical (unpaired) electrons. The quantitative estimate of drug-likeness (QED) is 0.705. The van der Waals surface area contributed by atoms with Crippen LogP contribution in [0.1, 0.15) is 22.4 Å². The standard InChI is InChI=1S/C9H11F3N2/c1-4-5(2)8(13)14-6(3)7(4)9(10,11)12/h1-3H3,(H2,13,14). The third kappa shape index (κ3) is 1.66. The summed E-state index contributed by atoms with van der Waals surface area (Å²) in [6.45, 7) is 4.25. The highest BCUT2D eigenvalue weighted by Gasteiger charge is 2.35. The molecule has 14 heavy (non-hydrogen) atoms. The van der Waals surface area contributed by atoms with Crippen molar-refractivity contribution >= 4 is 5.82 Å². The average Bonchev–Trinajstić information content (AvgIpc) is 1.97. The number of halogens is 3. The number of hydrogen-bond acceptors (Lipinski definition) is 2. The van der Waals surface area contributed by atoms with E-state index in [9.17, 15) is 13.2 Å². The third-order valence-corrected chi connectivity index (χ3v) is 2.26. The van der Waals surface area contributed by atoms with Gasteiger partial charge in [0.25, 0.3) is 0 Å². The number of alkyl halides is 3. The first-order valence-corrected chi connectivity index (χ1v) is 4.05. The number of anilines is 1. The van der Waals surface area contributed by atoms with E-state index < -0.39 is 11.7 Å². The van der Waals surface area contributed by atoms with Crippen LogP contribution in [0.15, 0.2) is 0 Å². The maximum absolute atomic E-state index is 12.5. The highest BCUT2D eigenvalue weighted by atomic mass is 19.4. The normalized spacial score (nSPS) is 11.9. The van der Waals surface area contributed by atoms with Crippen molar-refractivity contribution in [1.82, 2.24) is 4.98 Å². The molecule has 0 aliphatic heterocycles. The third-order valence-electron chi connectivity index (χ3n) is 2.26. The molecule has 0 spiro atoms. The van der Waals surface area contributed by atoms with Gasteiger partial charge >= 0.3 is 6.18 Å². The van der Waals surface area contributed by atoms with Crippen molar-refractivity contribution in [2.45, 2.75) is 26.9 Å². The Morgan fingerprint density at radius 1 is 1.07 bits per heavy atom. The number of nitrogen functional groups attached to an aromatic ring is 1. The summed E-state index contributed by atoms with van der Waals surface area (Å²) in [4.78, 5) is 3.66. The summed E-state index contributed by atoms with van der Waals surface area (Å²) in [5.41, 5.74) is 5.25. The molecule has 0 atom stereocenters. The molecule has 1 rings (SSSR count). The van der Waals surface area contributed by atoms with E-state index in [1.165, 1.54) is 20.8 Å². The summed E-state index contributed by atoms with van der Waals surface area (Å²) < 4.78 is 37.6. The summed E-state index contributed by atoms with van der Waals surface area (Å²) in [5.74, 6) is 0.160. The average molecular weight is 204 g/mol. The molecule has 1 heterocycles. The van der Waals surface area contributed by atoms with Crippen molar-refractivity contribution < 1.29 is 13.2 Å². The number of aryl methyl sites for hydroxylation is 1. The fourth-order valence-electron chi connectivity index (χ4n) is 1.39. The minimum atomic E-state index is -4.36. The van der Waals surface area contributed by atoms with E-state index in [0.29, 0.717) is 5.56 Å². The van der Waals surface area contributed by atoms with Gasteiger partial charge < -0.3 is 5.73 Å². The summed E-state index contributed by atoms with van der Waals surface area (Å²) >= 11 is 0. The van der Waals surface area contributed by atoms with Crippen LogP contribution in [0, 0.1) is 20.8 Å². The van der Waals surface area contributed by atoms with Gasteiger partial charge in [0.1, 0.15) is 5.82 Å². The van der Waals surface area contributed by atoms with Crippen LogP contribution in [0.4, 0.5) is 19.0 Å². The van der Waals surface area contributed by atoms with E-state index >= 15 is 0 Å². The first kappa shape index (κ1) is 10.8. The molecule has 0 saturated heterocycles. The van der Waals surface area contributed by atoms with E-state index in [-0.39, 0.29) is 17.1 Å². The lowest BCUT2D eigenvalue weighted by atomic mass is 10.0. The zero-order valence-corrected chi connectivity index (χ0v) is 8.16. The Balaban J connectivity index is 3.53. The van der Waals surface area contributed by atoms with Crippen LogP contribution in [0.5, 0.6) is 0 Å². The van der Waals surface area contributed by atoms with Gasteiger partial charge in [-0.2, -0.15) is 13.2 Å². The van der Waals surface area contributed by atoms with Gasteiger partial charge in [0.05, 0.1) is 11.3 Å². The molecule has 0 amide bonds. The Kier molecular flexibility index (Phi) is 2.43. The van der Waals surface area contributed by atoms with Gasteiger partial charge in [-0.25, -0.2) is 4.98 Å². The van der Waals surface area contributed by atoms with Gasteiger partial charge in [0, 0.05) is 0 Å². The largest absolute Gasteiger partial charge is 0.418 e. The molecule has 0 saturated carbocycles. The van der Waals surface area contributed by atoms with Crippen LogP contribution in [0.3, 0.4) is 0 Å². The summed E-state index contributed by atoms with van der Waals surface area (Å²) in [6, 6.07) is 0. The van der Waals surface area contributed by atoms with E-state index in [4.69, 9.17) is 5.73 Å². The van der Waals surface area contributed by atoms with E-state index in [0.717, 1.165) is 0 Å². The van der Waals surface area contributed by atoms with Crippen molar-refractivity contribution in [3.63, 3.8) is 0 Å². The first-order valence-electron chi connectivity index (χ1n) is 4.05. The van der Waals surface area contributed by atoms with Crippen molar-refractivity contribution in [2.24, 2.45) is 0 Å². The Bertz CT molecular complexity index is 369. The fraction of sp³-hybridized carbons (Fsp3) is 0.444. The van der Waals surface area contributed by atoms with Crippen LogP contribution < -0.4 is 5.73 Å². The molecule has 0 unspecified atom stereocenters. The Morgan fingerprint density at radius 2 is 1.57 bits per heavy atom. The Hall–Kier alpha value is -1.26. The molecule has 2 nitrogen and oxygen atoms in total. The van der Waals surface area contributed by atoms with Gasteiger partial charge in [-0.1, -0.05) is 0 Å². The number of pyridine rings is 1. The smallest absolute Gasteiger partial charge is 0.383 e. The van der Waals surface area contributed by atoms with Crippen molar-refractivity contribution in [3.8, 4) is 0 Å². The van der Waals surface area contributed by atoms with Gasteiger partial charge in [-0.05, 0) is 31.9 Å². The maximum atomic E-state index is 12.5. The number of rotatable bonds is 0. The van der Waals surface area contributed by atoms with Gasteiger partial charge in [0.15, 0.2) is 0 Å². The second-order valence-electron chi connectivity index (χ2n) is 3.21. The van der Waals surface area contributed by atoms with Crippen molar-refractivity contribution in [1.29, 1.82) is 0 Å². The zero-order valence-electron chi connectivity index (χ0n) is 8.16. The highest BCUT2D eigenvalue weighted by Crippen LogP contribution is 2.35. The topological polar surface area (TPSA) is 38.9 Å². The molecule has 2 N–H and O–H groups in total. The van der Waals surface area contributed by atoms with E-state index in [1.807, 2.05) is 0 Å². The van der Waals surface area contributed by atoms with Crippen LogP contribution in [0.2, 0.25) is 0 Å². The molecule has 0 fully saturated rings. The van der Waals surface area contributed by atoms with Crippen molar-refractivity contribution in [2.75, 3.05) is 5.73 Å². The molecule has 1 aromatic heterocycles. The second kappa shape index (κ2) is 3.15. The summed E-state index contributed by atoms with van der Waals surface area (Å²) in [5, 5.41) is 0. The van der Waals surface area contributed by atoms with E-state index in [1.54, 1.807) is 0 Å². The summed E-state index contributed by atoms with van der Waals surface area (Å²) in [6.07, 6.45) is -4.36. The molecule has 0 aliphatic carbocycles. The second-order valence-corrected chi connectivity index (χ2v) is 3.21. The Morgan fingerprint density at radius 3 is 2.00 bits per heavy atom. The Labute approximate surface area is 79.9 Å². The van der Waals surface area contributed by atoms with Crippen LogP contribution in [-0.4, -0.2) is 4.98 Å². The highest BCUT2D eigenvalue weighted by molar-refractivity contribution is 5.49. The van der Waals surface area contributed by atoms with Crippen LogP contribution in [0.25, 0.3) is 0 Å². The molecule has 0 aliphatic rings. The lowest BCUT2D eigenvalue weighted by Gasteiger charge is -2.15. The summed E-state index contributed by atoms with van der Waals surface area (Å²) in [7, 11) is 0. The molecule has 0 aromatic carbocycles. The minimum Gasteiger partial charge on any atom is -0.383 e. The first-order chi connectivity index (χ1) is 6.25. The predicted octanol–water partition coefficient (Wildman–Crippen LogP) is 2.61. The van der Waals surface area contributed by atoms with Crippen LogP contribution >= 0.6 is 0 Å². The minimum absolute atomic E-state index is 0.0712. The van der Waals surface area contributed by atoms with Crippen LogP contribution in [-0.2, 0) is 6.18 Å². The molecule has 5 heteroatoms. The maximum Gasteiger partial charge on any atom is 0.418 e. The number of aromatic nitrogens is 1. The lowest BCUT2D eigenvalue weighted by molar-refractivity contribution is -0.138. The number of hydrogen-bond donors (Lipinski definition) is 1. The SMILES string of the molecule is Cc1nc(N)c(C)c(C)c1C(F)(F)F. The molecule has 1 aromatic rings. The van der Waals surface area contributed by atoms with Crippen molar-refractivity contribution in [3.05, 3.63) is 22.4 Å². The lowest BCUT2D eigenvalue weighted by Crippen LogP contribution is -2.14. The number of nitrogens with two attached hydrogens (primary N) is 1. The molecule has 0 bridgehead atoms. The predicted molar refractivity (Wildman–Crippen MR) is 47.9 cm³/mol. The molecular weight excluding hydrogens is 193 g/mol. The van der Waals surface area contributed by atoms with Gasteiger partial charge in [0.2, 0.25) is 0 Å². The van der Waals surface area contributed by atoms with E-state index in [2.05, 4.69) is 4.98 Å².